The van der Waals surface area contributed by atoms with Gasteiger partial charge in [0.25, 0.3) is 0 Å². The van der Waals surface area contributed by atoms with E-state index in [1.165, 1.54) is 116 Å². The number of aliphatic hydroxyl groups excluding tert-OH is 1. The van der Waals surface area contributed by atoms with Gasteiger partial charge in [0.05, 0.1) is 6.61 Å². The molecule has 5 nitrogen and oxygen atoms in total. The normalized spacial score (nSPS) is 12.9. The average molecular weight is 753 g/mol. The van der Waals surface area contributed by atoms with Crippen molar-refractivity contribution in [1.82, 2.24) is 0 Å². The Kier molecular flexibility index (Phi) is 42.5. The maximum Gasteiger partial charge on any atom is 0.306 e. The summed E-state index contributed by atoms with van der Waals surface area (Å²) in [6.45, 7) is 3.97. The highest BCUT2D eigenvalue weighted by Gasteiger charge is 2.15. The topological polar surface area (TPSA) is 72.8 Å². The van der Waals surface area contributed by atoms with Gasteiger partial charge in [-0.25, -0.2) is 0 Å². The molecule has 0 aliphatic rings. The van der Waals surface area contributed by atoms with Gasteiger partial charge in [0.2, 0.25) is 0 Å². The summed E-state index contributed by atoms with van der Waals surface area (Å²) in [5.74, 6) is -0.686. The Morgan fingerprint density at radius 1 is 0.444 bits per heavy atom. The first kappa shape index (κ1) is 51.3. The minimum Gasteiger partial charge on any atom is -0.462 e. The third kappa shape index (κ3) is 42.1. The number of unbranched alkanes of at least 4 members (excludes halogenated alkanes) is 20. The molecule has 310 valence electrons. The Morgan fingerprint density at radius 2 is 0.796 bits per heavy atom. The molecule has 5 heteroatoms. The lowest BCUT2D eigenvalue weighted by molar-refractivity contribution is -0.161. The third-order valence-corrected chi connectivity index (χ3v) is 9.53. The van der Waals surface area contributed by atoms with E-state index in [2.05, 4.69) is 74.6 Å². The Bertz CT molecular complexity index is 988. The van der Waals surface area contributed by atoms with Crippen LogP contribution in [0.1, 0.15) is 206 Å². The summed E-state index contributed by atoms with van der Waals surface area (Å²) in [6.07, 6.45) is 59.9. The summed E-state index contributed by atoms with van der Waals surface area (Å²) < 4.78 is 10.6. The van der Waals surface area contributed by atoms with E-state index >= 15 is 0 Å². The molecule has 0 aromatic carbocycles. The number of carbonyl (C=O) groups excluding carboxylic acids is 2. The van der Waals surface area contributed by atoms with E-state index in [0.29, 0.717) is 12.8 Å². The lowest BCUT2D eigenvalue weighted by atomic mass is 10.0. The Balaban J connectivity index is 3.62. The second-order valence-corrected chi connectivity index (χ2v) is 14.8. The van der Waals surface area contributed by atoms with Crippen LogP contribution in [0.2, 0.25) is 0 Å². The SMILES string of the molecule is CCC=CCC=CCC=CCC=CCC=CCC=CCCC(=O)OCC(CO)OC(=O)CCCCCCCCCCCCCCCCCCCCCCC. The van der Waals surface area contributed by atoms with Crippen molar-refractivity contribution in [1.29, 1.82) is 0 Å². The zero-order valence-electron chi connectivity index (χ0n) is 35.2. The van der Waals surface area contributed by atoms with Crippen molar-refractivity contribution in [3.8, 4) is 0 Å². The molecule has 0 saturated carbocycles. The van der Waals surface area contributed by atoms with Gasteiger partial charge in [-0.15, -0.1) is 0 Å². The molecule has 1 unspecified atom stereocenters. The molecule has 0 amide bonds. The highest BCUT2D eigenvalue weighted by Crippen LogP contribution is 2.15. The fraction of sp³-hybridized carbons (Fsp3) is 0.714. The van der Waals surface area contributed by atoms with Crippen LogP contribution in [0, 0.1) is 0 Å². The minimum atomic E-state index is -0.803. The van der Waals surface area contributed by atoms with E-state index in [-0.39, 0.29) is 31.6 Å². The lowest BCUT2D eigenvalue weighted by Gasteiger charge is -2.15. The van der Waals surface area contributed by atoms with Crippen molar-refractivity contribution in [3.05, 3.63) is 72.9 Å². The summed E-state index contributed by atoms with van der Waals surface area (Å²) in [7, 11) is 0. The monoisotopic (exact) mass is 753 g/mol. The van der Waals surface area contributed by atoms with Crippen LogP contribution in [-0.4, -0.2) is 36.4 Å². The van der Waals surface area contributed by atoms with Crippen LogP contribution in [0.5, 0.6) is 0 Å². The highest BCUT2D eigenvalue weighted by atomic mass is 16.6. The first-order valence-electron chi connectivity index (χ1n) is 22.5. The largest absolute Gasteiger partial charge is 0.462 e. The van der Waals surface area contributed by atoms with Crippen molar-refractivity contribution >= 4 is 11.9 Å². The predicted molar refractivity (Wildman–Crippen MR) is 233 cm³/mol. The molecule has 0 aliphatic carbocycles. The Morgan fingerprint density at radius 3 is 1.17 bits per heavy atom. The van der Waals surface area contributed by atoms with Crippen molar-refractivity contribution in [3.63, 3.8) is 0 Å². The van der Waals surface area contributed by atoms with Crippen LogP contribution in [0.25, 0.3) is 0 Å². The fourth-order valence-corrected chi connectivity index (χ4v) is 6.17. The van der Waals surface area contributed by atoms with Gasteiger partial charge in [0.15, 0.2) is 6.10 Å². The van der Waals surface area contributed by atoms with Gasteiger partial charge < -0.3 is 14.6 Å². The Labute approximate surface area is 333 Å². The van der Waals surface area contributed by atoms with Crippen LogP contribution in [0.3, 0.4) is 0 Å². The van der Waals surface area contributed by atoms with Gasteiger partial charge >= 0.3 is 11.9 Å². The van der Waals surface area contributed by atoms with E-state index in [4.69, 9.17) is 9.47 Å². The Hall–Kier alpha value is -2.66. The van der Waals surface area contributed by atoms with E-state index in [1.54, 1.807) is 0 Å². The molecule has 0 aromatic heterocycles. The summed E-state index contributed by atoms with van der Waals surface area (Å²) in [5, 5.41) is 9.58. The zero-order chi connectivity index (χ0) is 39.3. The quantitative estimate of drug-likeness (QED) is 0.0383. The number of hydrogen-bond donors (Lipinski definition) is 1. The fourth-order valence-electron chi connectivity index (χ4n) is 6.17. The molecule has 0 heterocycles. The predicted octanol–water partition coefficient (Wildman–Crippen LogP) is 14.5. The molecule has 0 rings (SSSR count). The number of rotatable bonds is 40. The van der Waals surface area contributed by atoms with Gasteiger partial charge in [-0.2, -0.15) is 0 Å². The maximum atomic E-state index is 12.2. The maximum absolute atomic E-state index is 12.2. The smallest absolute Gasteiger partial charge is 0.306 e. The second kappa shape index (κ2) is 44.7. The number of esters is 2. The van der Waals surface area contributed by atoms with Gasteiger partial charge in [-0.05, 0) is 51.4 Å². The van der Waals surface area contributed by atoms with E-state index in [9.17, 15) is 14.7 Å². The number of ether oxygens (including phenoxy) is 2. The standard InChI is InChI=1S/C49H84O5/c1-3-5-7-9-11-13-15-17-19-21-23-24-26-28-30-32-34-36-38-40-42-44-49(52)54-47(45-50)46-53-48(51)43-41-39-37-35-33-31-29-27-25-22-20-18-16-14-12-10-8-6-4-2/h6,8,12,14,18,20,25,27,31,33,37,39,47,50H,3-5,7,9-11,13,15-17,19,21-24,26,28-30,32,34-36,38,40-46H2,1-2H3. The molecular formula is C49H84O5. The van der Waals surface area contributed by atoms with Gasteiger partial charge in [-0.1, -0.05) is 215 Å². The molecule has 0 aromatic rings. The van der Waals surface area contributed by atoms with Crippen molar-refractivity contribution < 1.29 is 24.2 Å². The van der Waals surface area contributed by atoms with E-state index in [0.717, 1.165) is 57.8 Å². The second-order valence-electron chi connectivity index (χ2n) is 14.8. The summed E-state index contributed by atoms with van der Waals surface area (Å²) in [5.41, 5.74) is 0. The molecule has 0 bridgehead atoms. The van der Waals surface area contributed by atoms with Crippen molar-refractivity contribution in [2.24, 2.45) is 0 Å². The molecular weight excluding hydrogens is 669 g/mol. The molecule has 1 N–H and O–H groups in total. The zero-order valence-corrected chi connectivity index (χ0v) is 35.2. The van der Waals surface area contributed by atoms with Crippen LogP contribution in [-0.2, 0) is 19.1 Å². The molecule has 0 spiro atoms. The molecule has 0 aliphatic heterocycles. The van der Waals surface area contributed by atoms with Crippen molar-refractivity contribution in [2.75, 3.05) is 13.2 Å². The highest BCUT2D eigenvalue weighted by molar-refractivity contribution is 5.70. The van der Waals surface area contributed by atoms with Gasteiger partial charge in [0.1, 0.15) is 6.61 Å². The third-order valence-electron chi connectivity index (χ3n) is 9.53. The first-order chi connectivity index (χ1) is 26.6. The van der Waals surface area contributed by atoms with Crippen LogP contribution < -0.4 is 0 Å². The van der Waals surface area contributed by atoms with Crippen LogP contribution in [0.4, 0.5) is 0 Å². The summed E-state index contributed by atoms with van der Waals surface area (Å²) >= 11 is 0. The average Bonchev–Trinajstić information content (AvgIpc) is 3.17. The van der Waals surface area contributed by atoms with Gasteiger partial charge in [-0.3, -0.25) is 9.59 Å². The van der Waals surface area contributed by atoms with Crippen LogP contribution in [0.15, 0.2) is 72.9 Å². The van der Waals surface area contributed by atoms with Crippen molar-refractivity contribution in [2.45, 2.75) is 213 Å². The number of hydrogen-bond acceptors (Lipinski definition) is 5. The number of aliphatic hydroxyl groups is 1. The first-order valence-corrected chi connectivity index (χ1v) is 22.5. The van der Waals surface area contributed by atoms with E-state index < -0.39 is 6.10 Å². The molecule has 1 atom stereocenters. The minimum absolute atomic E-state index is 0.107. The van der Waals surface area contributed by atoms with E-state index in [1.807, 2.05) is 12.2 Å². The van der Waals surface area contributed by atoms with Gasteiger partial charge in [0, 0.05) is 12.8 Å². The number of carbonyl (C=O) groups is 2. The molecule has 0 radical (unpaired) electrons. The molecule has 54 heavy (non-hydrogen) atoms. The lowest BCUT2D eigenvalue weighted by Crippen LogP contribution is -2.28. The summed E-state index contributed by atoms with van der Waals surface area (Å²) in [4.78, 5) is 24.3. The molecule has 0 saturated heterocycles. The molecule has 0 fully saturated rings. The van der Waals surface area contributed by atoms with Crippen LogP contribution >= 0.6 is 0 Å². The summed E-state index contributed by atoms with van der Waals surface area (Å²) in [6, 6.07) is 0. The number of allylic oxidation sites excluding steroid dienone is 12.